The van der Waals surface area contributed by atoms with Gasteiger partial charge in [-0.2, -0.15) is 18.3 Å². The molecule has 0 heterocycles. The molecular weight excluding hydrogens is 291 g/mol. The molecule has 1 aromatic rings. The summed E-state index contributed by atoms with van der Waals surface area (Å²) in [5.41, 5.74) is 4.63. The molecule has 1 aliphatic rings. The third-order valence-corrected chi connectivity index (χ3v) is 3.05. The number of hydrogen-bond donors (Lipinski definition) is 3. The highest BCUT2D eigenvalue weighted by Gasteiger charge is 2.27. The number of alkyl halides is 3. The molecule has 0 spiro atoms. The Morgan fingerprint density at radius 3 is 2.80 bits per heavy atom. The predicted molar refractivity (Wildman–Crippen MR) is 72.8 cm³/mol. The molecule has 1 aliphatic carbocycles. The van der Waals surface area contributed by atoms with Gasteiger partial charge in [-0.15, -0.1) is 0 Å². The Labute approximate surface area is 118 Å². The number of halogens is 3. The maximum absolute atomic E-state index is 12.0. The monoisotopic (exact) mass is 303 g/mol. The second kappa shape index (κ2) is 5.66. The van der Waals surface area contributed by atoms with Crippen LogP contribution in [-0.4, -0.2) is 28.7 Å². The van der Waals surface area contributed by atoms with Crippen LogP contribution in [0.3, 0.4) is 0 Å². The summed E-state index contributed by atoms with van der Waals surface area (Å²) in [5.74, 6) is 0.200. The molecule has 2 rings (SSSR count). The minimum absolute atomic E-state index is 0.191. The van der Waals surface area contributed by atoms with Crippen molar-refractivity contribution in [3.8, 4) is 5.75 Å². The van der Waals surface area contributed by atoms with Crippen LogP contribution in [-0.2, 0) is 6.42 Å². The standard InChI is InChI=1S/C12H12F3N3OS/c13-12(14,15)6-16-11(20)18-17-9-5-4-8-7(9)2-1-3-10(8)19/h1-3,19H,4-6H2,(H2,16,18,20). The molecule has 3 N–H and O–H groups in total. The summed E-state index contributed by atoms with van der Waals surface area (Å²) in [6.07, 6.45) is -3.09. The van der Waals surface area contributed by atoms with E-state index in [0.29, 0.717) is 18.6 Å². The number of hydrazone groups is 1. The number of phenols is 1. The molecule has 8 heteroatoms. The Balaban J connectivity index is 1.98. The number of phenolic OH excluding ortho intramolecular Hbond substituents is 1. The zero-order chi connectivity index (χ0) is 14.8. The van der Waals surface area contributed by atoms with Crippen LogP contribution in [0.25, 0.3) is 0 Å². The van der Waals surface area contributed by atoms with E-state index < -0.39 is 12.7 Å². The van der Waals surface area contributed by atoms with Gasteiger partial charge in [-0.25, -0.2) is 0 Å². The number of nitrogens with zero attached hydrogens (tertiary/aromatic N) is 1. The van der Waals surface area contributed by atoms with E-state index in [4.69, 9.17) is 12.2 Å². The van der Waals surface area contributed by atoms with E-state index in [1.54, 1.807) is 18.2 Å². The Hall–Kier alpha value is -1.83. The molecule has 0 atom stereocenters. The second-order valence-electron chi connectivity index (χ2n) is 4.27. The molecule has 0 saturated carbocycles. The number of fused-ring (bicyclic) bond motifs is 1. The second-order valence-corrected chi connectivity index (χ2v) is 4.68. The van der Waals surface area contributed by atoms with Crippen molar-refractivity contribution in [2.24, 2.45) is 5.10 Å². The fourth-order valence-corrected chi connectivity index (χ4v) is 2.06. The minimum atomic E-state index is -4.33. The average molecular weight is 303 g/mol. The maximum atomic E-state index is 12.0. The number of aromatic hydroxyl groups is 1. The molecule has 0 aliphatic heterocycles. The van der Waals surface area contributed by atoms with Crippen molar-refractivity contribution in [3.05, 3.63) is 29.3 Å². The van der Waals surface area contributed by atoms with E-state index in [0.717, 1.165) is 11.1 Å². The summed E-state index contributed by atoms with van der Waals surface area (Å²) in [5, 5.41) is 15.5. The van der Waals surface area contributed by atoms with Gasteiger partial charge in [-0.3, -0.25) is 5.43 Å². The van der Waals surface area contributed by atoms with Crippen molar-refractivity contribution in [1.29, 1.82) is 0 Å². The molecule has 0 fully saturated rings. The van der Waals surface area contributed by atoms with Gasteiger partial charge < -0.3 is 10.4 Å². The van der Waals surface area contributed by atoms with Crippen LogP contribution >= 0.6 is 12.2 Å². The van der Waals surface area contributed by atoms with E-state index in [2.05, 4.69) is 10.5 Å². The molecule has 0 unspecified atom stereocenters. The first kappa shape index (κ1) is 14.6. The molecule has 4 nitrogen and oxygen atoms in total. The first-order valence-corrected chi connectivity index (χ1v) is 6.26. The SMILES string of the molecule is Oc1cccc2c1CCC2=NNC(=S)NCC(F)(F)F. The molecular formula is C12H12F3N3OS. The van der Waals surface area contributed by atoms with E-state index >= 15 is 0 Å². The molecule has 0 radical (unpaired) electrons. The van der Waals surface area contributed by atoms with Crippen LogP contribution in [0, 0.1) is 0 Å². The van der Waals surface area contributed by atoms with Crippen LogP contribution in [0.2, 0.25) is 0 Å². The van der Waals surface area contributed by atoms with Crippen molar-refractivity contribution in [1.82, 2.24) is 10.7 Å². The number of rotatable bonds is 2. The van der Waals surface area contributed by atoms with Gasteiger partial charge in [0, 0.05) is 11.1 Å². The van der Waals surface area contributed by atoms with Crippen molar-refractivity contribution in [2.45, 2.75) is 19.0 Å². The lowest BCUT2D eigenvalue weighted by atomic mass is 10.1. The summed E-state index contributed by atoms with van der Waals surface area (Å²) in [7, 11) is 0. The highest BCUT2D eigenvalue weighted by Crippen LogP contribution is 2.29. The lowest BCUT2D eigenvalue weighted by Gasteiger charge is -2.10. The zero-order valence-electron chi connectivity index (χ0n) is 10.3. The Kier molecular flexibility index (Phi) is 4.12. The molecule has 0 aromatic heterocycles. The van der Waals surface area contributed by atoms with Crippen LogP contribution in [0.1, 0.15) is 17.5 Å². The molecule has 0 bridgehead atoms. The van der Waals surface area contributed by atoms with Gasteiger partial charge in [0.25, 0.3) is 0 Å². The molecule has 0 saturated heterocycles. The van der Waals surface area contributed by atoms with Crippen LogP contribution in [0.5, 0.6) is 5.75 Å². The van der Waals surface area contributed by atoms with Crippen molar-refractivity contribution in [2.75, 3.05) is 6.54 Å². The summed E-state index contributed by atoms with van der Waals surface area (Å²) in [4.78, 5) is 0. The Morgan fingerprint density at radius 1 is 1.35 bits per heavy atom. The third-order valence-electron chi connectivity index (χ3n) is 2.82. The van der Waals surface area contributed by atoms with Gasteiger partial charge in [-0.05, 0) is 31.1 Å². The van der Waals surface area contributed by atoms with Crippen molar-refractivity contribution < 1.29 is 18.3 Å². The Bertz CT molecular complexity index is 557. The number of hydrogen-bond acceptors (Lipinski definition) is 3. The maximum Gasteiger partial charge on any atom is 0.405 e. The molecule has 1 aromatic carbocycles. The van der Waals surface area contributed by atoms with Gasteiger partial charge in [0.05, 0.1) is 5.71 Å². The van der Waals surface area contributed by atoms with Crippen molar-refractivity contribution >= 4 is 23.0 Å². The first-order valence-electron chi connectivity index (χ1n) is 5.85. The third kappa shape index (κ3) is 3.60. The number of nitrogens with one attached hydrogen (secondary N) is 2. The quantitative estimate of drug-likeness (QED) is 0.578. The summed E-state index contributed by atoms with van der Waals surface area (Å²) in [6.45, 7) is -1.21. The van der Waals surface area contributed by atoms with Crippen LogP contribution in [0.15, 0.2) is 23.3 Å². The fraction of sp³-hybridized carbons (Fsp3) is 0.333. The van der Waals surface area contributed by atoms with Gasteiger partial charge in [0.2, 0.25) is 0 Å². The van der Waals surface area contributed by atoms with Gasteiger partial charge in [0.15, 0.2) is 5.11 Å². The summed E-state index contributed by atoms with van der Waals surface area (Å²) < 4.78 is 36.0. The topological polar surface area (TPSA) is 56.7 Å². The first-order chi connectivity index (χ1) is 9.37. The van der Waals surface area contributed by atoms with Gasteiger partial charge in [0.1, 0.15) is 12.3 Å². The van der Waals surface area contributed by atoms with Gasteiger partial charge in [-0.1, -0.05) is 12.1 Å². The van der Waals surface area contributed by atoms with Gasteiger partial charge >= 0.3 is 6.18 Å². The summed E-state index contributed by atoms with van der Waals surface area (Å²) >= 11 is 4.70. The van der Waals surface area contributed by atoms with E-state index in [1.165, 1.54) is 0 Å². The normalized spacial score (nSPS) is 16.1. The largest absolute Gasteiger partial charge is 0.508 e. The number of benzene rings is 1. The summed E-state index contributed by atoms with van der Waals surface area (Å²) in [6, 6.07) is 5.08. The molecule has 20 heavy (non-hydrogen) atoms. The van der Waals surface area contributed by atoms with E-state index in [9.17, 15) is 18.3 Å². The Morgan fingerprint density at radius 2 is 2.10 bits per heavy atom. The molecule has 0 amide bonds. The van der Waals surface area contributed by atoms with Crippen LogP contribution in [0.4, 0.5) is 13.2 Å². The predicted octanol–water partition coefficient (Wildman–Crippen LogP) is 2.07. The van der Waals surface area contributed by atoms with Crippen LogP contribution < -0.4 is 10.7 Å². The molecule has 108 valence electrons. The van der Waals surface area contributed by atoms with E-state index in [-0.39, 0.29) is 10.9 Å². The smallest absolute Gasteiger partial charge is 0.405 e. The van der Waals surface area contributed by atoms with Crippen molar-refractivity contribution in [3.63, 3.8) is 0 Å². The number of thiocarbonyl (C=S) groups is 1. The zero-order valence-corrected chi connectivity index (χ0v) is 11.1. The lowest BCUT2D eigenvalue weighted by Crippen LogP contribution is -2.38. The highest BCUT2D eigenvalue weighted by molar-refractivity contribution is 7.80. The average Bonchev–Trinajstić information content (AvgIpc) is 2.78. The fourth-order valence-electron chi connectivity index (χ4n) is 1.94. The highest BCUT2D eigenvalue weighted by atomic mass is 32.1. The minimum Gasteiger partial charge on any atom is -0.508 e. The lowest BCUT2D eigenvalue weighted by molar-refractivity contribution is -0.122. The van der Waals surface area contributed by atoms with E-state index in [1.807, 2.05) is 5.32 Å².